The van der Waals surface area contributed by atoms with E-state index in [-0.39, 0.29) is 4.08 Å². The Morgan fingerprint density at radius 3 is 1.45 bits per heavy atom. The number of benzene rings is 2. The molecule has 0 nitrogen and oxygen atoms in total. The van der Waals surface area contributed by atoms with Crippen LogP contribution in [0.5, 0.6) is 0 Å². The summed E-state index contributed by atoms with van der Waals surface area (Å²) in [5, 5.41) is 1.60. The van der Waals surface area contributed by atoms with Crippen LogP contribution in [-0.2, 0) is 0 Å². The van der Waals surface area contributed by atoms with Crippen LogP contribution in [0, 0.1) is 0 Å². The lowest BCUT2D eigenvalue weighted by molar-refractivity contribution is 0.490. The number of rotatable bonds is 4. The van der Waals surface area contributed by atoms with Gasteiger partial charge in [-0.2, -0.15) is 0 Å². The molecule has 3 rings (SSSR count). The number of hydrogen-bond acceptors (Lipinski definition) is 2. The van der Waals surface area contributed by atoms with E-state index >= 15 is 0 Å². The first-order valence-electron chi connectivity index (χ1n) is 7.54. The topological polar surface area (TPSA) is 0 Å². The highest BCUT2D eigenvalue weighted by Gasteiger charge is 2.34. The Hall–Kier alpha value is -0.280. The van der Waals surface area contributed by atoms with Crippen molar-refractivity contribution in [2.24, 2.45) is 0 Å². The molecular weight excluding hydrogens is 351 g/mol. The van der Waals surface area contributed by atoms with E-state index in [0.717, 1.165) is 10.0 Å². The molecular formula is C18H18Cl2S2. The Labute approximate surface area is 151 Å². The largest absolute Gasteiger partial charge is 0.108 e. The molecule has 0 aromatic heterocycles. The van der Waals surface area contributed by atoms with Crippen molar-refractivity contribution in [2.75, 3.05) is 0 Å². The first-order chi connectivity index (χ1) is 10.7. The van der Waals surface area contributed by atoms with E-state index in [1.807, 2.05) is 47.8 Å². The molecule has 116 valence electrons. The third-order valence-electron chi connectivity index (χ3n) is 3.85. The van der Waals surface area contributed by atoms with E-state index in [4.69, 9.17) is 23.2 Å². The molecule has 22 heavy (non-hydrogen) atoms. The van der Waals surface area contributed by atoms with Crippen LogP contribution >= 0.6 is 46.7 Å². The Morgan fingerprint density at radius 2 is 1.05 bits per heavy atom. The average molecular weight is 369 g/mol. The molecule has 0 unspecified atom stereocenters. The van der Waals surface area contributed by atoms with Gasteiger partial charge in [-0.15, -0.1) is 23.5 Å². The lowest BCUT2D eigenvalue weighted by Gasteiger charge is -2.36. The molecule has 0 spiro atoms. The minimum Gasteiger partial charge on any atom is -0.108 e. The van der Waals surface area contributed by atoms with Crippen LogP contribution in [0.15, 0.2) is 58.3 Å². The highest BCUT2D eigenvalue weighted by molar-refractivity contribution is 8.18. The fraction of sp³-hybridized carbons (Fsp3) is 0.333. The molecule has 0 bridgehead atoms. The fourth-order valence-electron chi connectivity index (χ4n) is 2.75. The molecule has 0 heterocycles. The van der Waals surface area contributed by atoms with Crippen LogP contribution in [0.25, 0.3) is 0 Å². The highest BCUT2D eigenvalue weighted by Crippen LogP contribution is 2.53. The van der Waals surface area contributed by atoms with Gasteiger partial charge in [0.25, 0.3) is 0 Å². The quantitative estimate of drug-likeness (QED) is 0.511. The van der Waals surface area contributed by atoms with Crippen molar-refractivity contribution in [3.8, 4) is 0 Å². The summed E-state index contributed by atoms with van der Waals surface area (Å²) in [5.74, 6) is 0. The van der Waals surface area contributed by atoms with Crippen molar-refractivity contribution in [1.29, 1.82) is 0 Å². The second-order valence-electron chi connectivity index (χ2n) is 5.58. The summed E-state index contributed by atoms with van der Waals surface area (Å²) in [6, 6.07) is 16.4. The van der Waals surface area contributed by atoms with E-state index in [1.54, 1.807) is 0 Å². The highest BCUT2D eigenvalue weighted by atomic mass is 35.5. The summed E-state index contributed by atoms with van der Waals surface area (Å²) in [4.78, 5) is 2.60. The van der Waals surface area contributed by atoms with Crippen LogP contribution in [-0.4, -0.2) is 4.08 Å². The molecule has 0 amide bonds. The summed E-state index contributed by atoms with van der Waals surface area (Å²) in [6.07, 6.45) is 6.45. The molecule has 1 saturated carbocycles. The third-order valence-corrected chi connectivity index (χ3v) is 7.43. The number of hydrogen-bond donors (Lipinski definition) is 0. The Kier molecular flexibility index (Phi) is 5.67. The van der Waals surface area contributed by atoms with E-state index in [1.165, 1.54) is 41.9 Å². The molecule has 1 aliphatic rings. The van der Waals surface area contributed by atoms with Gasteiger partial charge >= 0.3 is 0 Å². The molecule has 0 radical (unpaired) electrons. The van der Waals surface area contributed by atoms with Gasteiger partial charge in [0.1, 0.15) is 0 Å². The lowest BCUT2D eigenvalue weighted by Crippen LogP contribution is -2.23. The minimum atomic E-state index is 0.222. The zero-order chi connectivity index (χ0) is 15.4. The SMILES string of the molecule is Clc1ccc(SC2(Sc3ccc(Cl)cc3)CCCCC2)cc1. The molecule has 0 N–H and O–H groups in total. The molecule has 0 aliphatic heterocycles. The predicted molar refractivity (Wildman–Crippen MR) is 100 cm³/mol. The minimum absolute atomic E-state index is 0.222. The van der Waals surface area contributed by atoms with E-state index in [2.05, 4.69) is 24.3 Å². The van der Waals surface area contributed by atoms with E-state index < -0.39 is 0 Å². The lowest BCUT2D eigenvalue weighted by atomic mass is 10.00. The van der Waals surface area contributed by atoms with Gasteiger partial charge in [-0.25, -0.2) is 0 Å². The predicted octanol–water partition coefficient (Wildman–Crippen LogP) is 7.54. The van der Waals surface area contributed by atoms with E-state index in [9.17, 15) is 0 Å². The van der Waals surface area contributed by atoms with Crippen molar-refractivity contribution in [3.05, 3.63) is 58.6 Å². The van der Waals surface area contributed by atoms with Crippen molar-refractivity contribution in [2.45, 2.75) is 46.0 Å². The maximum Gasteiger partial charge on any atom is 0.0705 e. The van der Waals surface area contributed by atoms with Crippen LogP contribution in [0.1, 0.15) is 32.1 Å². The first kappa shape index (κ1) is 16.6. The Bertz CT molecular complexity index is 552. The summed E-state index contributed by atoms with van der Waals surface area (Å²) in [7, 11) is 0. The standard InChI is InChI=1S/C18H18Cl2S2/c19-14-4-8-16(9-5-14)21-18(12-2-1-3-13-18)22-17-10-6-15(20)7-11-17/h4-11H,1-3,12-13H2. The third kappa shape index (κ3) is 4.38. The van der Waals surface area contributed by atoms with Gasteiger partial charge in [0.2, 0.25) is 0 Å². The number of halogens is 2. The van der Waals surface area contributed by atoms with Gasteiger partial charge in [0.05, 0.1) is 4.08 Å². The second kappa shape index (κ2) is 7.53. The Morgan fingerprint density at radius 1 is 0.636 bits per heavy atom. The zero-order valence-corrected chi connectivity index (χ0v) is 15.4. The van der Waals surface area contributed by atoms with Gasteiger partial charge in [-0.05, 0) is 61.4 Å². The molecule has 1 fully saturated rings. The Balaban J connectivity index is 1.80. The molecule has 0 saturated heterocycles. The summed E-state index contributed by atoms with van der Waals surface area (Å²) in [5.41, 5.74) is 0. The van der Waals surface area contributed by atoms with Crippen LogP contribution < -0.4 is 0 Å². The molecule has 2 aromatic carbocycles. The van der Waals surface area contributed by atoms with Crippen molar-refractivity contribution in [3.63, 3.8) is 0 Å². The van der Waals surface area contributed by atoms with Crippen LogP contribution in [0.2, 0.25) is 10.0 Å². The normalized spacial score (nSPS) is 17.4. The maximum absolute atomic E-state index is 6.01. The van der Waals surface area contributed by atoms with E-state index in [0.29, 0.717) is 0 Å². The first-order valence-corrected chi connectivity index (χ1v) is 9.93. The molecule has 4 heteroatoms. The summed E-state index contributed by atoms with van der Waals surface area (Å²) < 4.78 is 0.222. The molecule has 2 aromatic rings. The molecule has 1 aliphatic carbocycles. The summed E-state index contributed by atoms with van der Waals surface area (Å²) in [6.45, 7) is 0. The van der Waals surface area contributed by atoms with Crippen LogP contribution in [0.4, 0.5) is 0 Å². The van der Waals surface area contributed by atoms with Gasteiger partial charge in [0.15, 0.2) is 0 Å². The van der Waals surface area contributed by atoms with Crippen molar-refractivity contribution >= 4 is 46.7 Å². The van der Waals surface area contributed by atoms with Crippen molar-refractivity contribution < 1.29 is 0 Å². The van der Waals surface area contributed by atoms with Gasteiger partial charge in [-0.3, -0.25) is 0 Å². The van der Waals surface area contributed by atoms with Gasteiger partial charge in [-0.1, -0.05) is 42.5 Å². The van der Waals surface area contributed by atoms with Crippen molar-refractivity contribution in [1.82, 2.24) is 0 Å². The van der Waals surface area contributed by atoms with Gasteiger partial charge in [0, 0.05) is 19.8 Å². The monoisotopic (exact) mass is 368 g/mol. The fourth-order valence-corrected chi connectivity index (χ4v) is 6.14. The smallest absolute Gasteiger partial charge is 0.0705 e. The zero-order valence-electron chi connectivity index (χ0n) is 12.2. The summed E-state index contributed by atoms with van der Waals surface area (Å²) >= 11 is 16.0. The average Bonchev–Trinajstić information content (AvgIpc) is 2.53. The number of thioether (sulfide) groups is 2. The van der Waals surface area contributed by atoms with Gasteiger partial charge < -0.3 is 0 Å². The van der Waals surface area contributed by atoms with Crippen LogP contribution in [0.3, 0.4) is 0 Å². The molecule has 0 atom stereocenters. The second-order valence-corrected chi connectivity index (χ2v) is 9.63. The maximum atomic E-state index is 6.01.